The van der Waals surface area contributed by atoms with E-state index in [9.17, 15) is 19.8 Å². The molecule has 21 heavy (non-hydrogen) atoms. The molecule has 2 rings (SSSR count). The SMILES string of the molecule is O=C(Cc1cccs1)N[C@H](Cc1ccc(O)cc1)C(=O)O. The number of carboxylic acids is 1. The number of aromatic hydroxyl groups is 1. The molecule has 1 atom stereocenters. The Morgan fingerprint density at radius 2 is 1.90 bits per heavy atom. The highest BCUT2D eigenvalue weighted by Gasteiger charge is 2.20. The van der Waals surface area contributed by atoms with Crippen LogP contribution in [0.4, 0.5) is 0 Å². The van der Waals surface area contributed by atoms with E-state index in [1.54, 1.807) is 12.1 Å². The highest BCUT2D eigenvalue weighted by Crippen LogP contribution is 2.12. The van der Waals surface area contributed by atoms with Gasteiger partial charge in [0.05, 0.1) is 6.42 Å². The van der Waals surface area contributed by atoms with Crippen molar-refractivity contribution in [2.24, 2.45) is 0 Å². The zero-order valence-corrected chi connectivity index (χ0v) is 12.0. The smallest absolute Gasteiger partial charge is 0.326 e. The van der Waals surface area contributed by atoms with Crippen molar-refractivity contribution < 1.29 is 19.8 Å². The van der Waals surface area contributed by atoms with Gasteiger partial charge in [0, 0.05) is 11.3 Å². The summed E-state index contributed by atoms with van der Waals surface area (Å²) in [6.07, 6.45) is 0.350. The maximum atomic E-state index is 11.9. The van der Waals surface area contributed by atoms with Crippen LogP contribution in [0.15, 0.2) is 41.8 Å². The number of phenols is 1. The first-order valence-electron chi connectivity index (χ1n) is 6.37. The quantitative estimate of drug-likeness (QED) is 0.759. The highest BCUT2D eigenvalue weighted by molar-refractivity contribution is 7.10. The van der Waals surface area contributed by atoms with Crippen molar-refractivity contribution in [3.63, 3.8) is 0 Å². The Kier molecular flexibility index (Phi) is 4.94. The standard InChI is InChI=1S/C15H15NO4S/c17-11-5-3-10(4-6-11)8-13(15(19)20)16-14(18)9-12-2-1-7-21-12/h1-7,13,17H,8-9H2,(H,16,18)(H,19,20)/t13-/m1/s1. The third-order valence-electron chi connectivity index (χ3n) is 2.92. The molecule has 0 saturated carbocycles. The minimum atomic E-state index is -1.08. The van der Waals surface area contributed by atoms with Crippen LogP contribution in [0.25, 0.3) is 0 Å². The van der Waals surface area contributed by atoms with Crippen LogP contribution in [0.1, 0.15) is 10.4 Å². The van der Waals surface area contributed by atoms with Crippen LogP contribution in [0, 0.1) is 0 Å². The van der Waals surface area contributed by atoms with Crippen LogP contribution in [-0.2, 0) is 22.4 Å². The van der Waals surface area contributed by atoms with Crippen LogP contribution in [-0.4, -0.2) is 28.1 Å². The van der Waals surface area contributed by atoms with Crippen molar-refractivity contribution in [2.75, 3.05) is 0 Å². The molecule has 3 N–H and O–H groups in total. The van der Waals surface area contributed by atoms with E-state index in [1.165, 1.54) is 23.5 Å². The molecule has 110 valence electrons. The molecule has 0 bridgehead atoms. The Morgan fingerprint density at radius 3 is 2.48 bits per heavy atom. The molecule has 0 unspecified atom stereocenters. The van der Waals surface area contributed by atoms with Crippen molar-refractivity contribution in [1.82, 2.24) is 5.32 Å². The van der Waals surface area contributed by atoms with Gasteiger partial charge in [-0.15, -0.1) is 11.3 Å². The largest absolute Gasteiger partial charge is 0.508 e. The van der Waals surface area contributed by atoms with Crippen molar-refractivity contribution in [2.45, 2.75) is 18.9 Å². The van der Waals surface area contributed by atoms with Gasteiger partial charge in [-0.25, -0.2) is 4.79 Å². The van der Waals surface area contributed by atoms with Crippen LogP contribution in [0.5, 0.6) is 5.75 Å². The number of hydrogen-bond donors (Lipinski definition) is 3. The zero-order valence-electron chi connectivity index (χ0n) is 11.2. The topological polar surface area (TPSA) is 86.6 Å². The molecule has 0 fully saturated rings. The Morgan fingerprint density at radius 1 is 1.19 bits per heavy atom. The van der Waals surface area contributed by atoms with E-state index in [1.807, 2.05) is 17.5 Å². The first-order valence-corrected chi connectivity index (χ1v) is 7.25. The van der Waals surface area contributed by atoms with Crippen molar-refractivity contribution in [3.8, 4) is 5.75 Å². The maximum absolute atomic E-state index is 11.9. The molecule has 1 aromatic heterocycles. The molecular formula is C15H15NO4S. The number of benzene rings is 1. The number of aliphatic carboxylic acids is 1. The lowest BCUT2D eigenvalue weighted by molar-refractivity contribution is -0.141. The van der Waals surface area contributed by atoms with E-state index in [0.717, 1.165) is 10.4 Å². The first-order chi connectivity index (χ1) is 10.0. The number of nitrogens with one attached hydrogen (secondary N) is 1. The number of carboxylic acid groups (broad SMARTS) is 1. The number of amides is 1. The second kappa shape index (κ2) is 6.90. The summed E-state index contributed by atoms with van der Waals surface area (Å²) < 4.78 is 0. The molecule has 0 radical (unpaired) electrons. The molecule has 0 aliphatic carbocycles. The summed E-state index contributed by atoms with van der Waals surface area (Å²) in [5, 5.41) is 22.8. The average Bonchev–Trinajstić information content (AvgIpc) is 2.93. The van der Waals surface area contributed by atoms with Gasteiger partial charge in [0.25, 0.3) is 0 Å². The molecule has 1 aromatic carbocycles. The van der Waals surface area contributed by atoms with Gasteiger partial charge >= 0.3 is 5.97 Å². The number of phenolic OH excluding ortho intramolecular Hbond substituents is 1. The molecule has 0 aliphatic rings. The monoisotopic (exact) mass is 305 g/mol. The third kappa shape index (κ3) is 4.61. The van der Waals surface area contributed by atoms with Gasteiger partial charge in [-0.3, -0.25) is 4.79 Å². The Balaban J connectivity index is 1.97. The lowest BCUT2D eigenvalue weighted by Gasteiger charge is -2.14. The van der Waals surface area contributed by atoms with Gasteiger partial charge in [0.1, 0.15) is 11.8 Å². The average molecular weight is 305 g/mol. The number of hydrogen-bond acceptors (Lipinski definition) is 4. The third-order valence-corrected chi connectivity index (χ3v) is 3.80. The summed E-state index contributed by atoms with van der Waals surface area (Å²) in [7, 11) is 0. The van der Waals surface area contributed by atoms with Gasteiger partial charge in [0.2, 0.25) is 5.91 Å². The summed E-state index contributed by atoms with van der Waals surface area (Å²) in [5.74, 6) is -1.28. The van der Waals surface area contributed by atoms with Crippen LogP contribution >= 0.6 is 11.3 Å². The van der Waals surface area contributed by atoms with Crippen molar-refractivity contribution in [3.05, 3.63) is 52.2 Å². The fourth-order valence-electron chi connectivity index (χ4n) is 1.88. The van der Waals surface area contributed by atoms with Gasteiger partial charge in [0.15, 0.2) is 0 Å². The van der Waals surface area contributed by atoms with Gasteiger partial charge < -0.3 is 15.5 Å². The highest BCUT2D eigenvalue weighted by atomic mass is 32.1. The van der Waals surface area contributed by atoms with Crippen molar-refractivity contribution in [1.29, 1.82) is 0 Å². The minimum Gasteiger partial charge on any atom is -0.508 e. The Hall–Kier alpha value is -2.34. The summed E-state index contributed by atoms with van der Waals surface area (Å²) in [6, 6.07) is 8.94. The Labute approximate surface area is 125 Å². The molecule has 1 amide bonds. The lowest BCUT2D eigenvalue weighted by Crippen LogP contribution is -2.42. The molecule has 6 heteroatoms. The van der Waals surface area contributed by atoms with Crippen LogP contribution < -0.4 is 5.32 Å². The van der Waals surface area contributed by atoms with Gasteiger partial charge in [-0.2, -0.15) is 0 Å². The fourth-order valence-corrected chi connectivity index (χ4v) is 2.59. The first kappa shape index (κ1) is 15.1. The second-order valence-corrected chi connectivity index (χ2v) is 5.62. The van der Waals surface area contributed by atoms with Crippen LogP contribution in [0.3, 0.4) is 0 Å². The molecule has 1 heterocycles. The minimum absolute atomic E-state index is 0.118. The van der Waals surface area contributed by atoms with E-state index in [-0.39, 0.29) is 24.5 Å². The number of carbonyl (C=O) groups excluding carboxylic acids is 1. The normalized spacial score (nSPS) is 11.8. The van der Waals surface area contributed by atoms with Crippen molar-refractivity contribution >= 4 is 23.2 Å². The predicted molar refractivity (Wildman–Crippen MR) is 79.4 cm³/mol. The number of thiophene rings is 1. The summed E-state index contributed by atoms with van der Waals surface area (Å²) in [6.45, 7) is 0. The molecule has 2 aromatic rings. The molecule has 0 aliphatic heterocycles. The van der Waals surface area contributed by atoms with E-state index in [4.69, 9.17) is 0 Å². The maximum Gasteiger partial charge on any atom is 0.326 e. The van der Waals surface area contributed by atoms with E-state index >= 15 is 0 Å². The van der Waals surface area contributed by atoms with Crippen LogP contribution in [0.2, 0.25) is 0 Å². The number of rotatable bonds is 6. The molecule has 0 spiro atoms. The zero-order chi connectivity index (χ0) is 15.2. The molecular weight excluding hydrogens is 290 g/mol. The van der Waals surface area contributed by atoms with Gasteiger partial charge in [-0.1, -0.05) is 18.2 Å². The summed E-state index contributed by atoms with van der Waals surface area (Å²) >= 11 is 1.46. The van der Waals surface area contributed by atoms with E-state index < -0.39 is 12.0 Å². The van der Waals surface area contributed by atoms with E-state index in [2.05, 4.69) is 5.32 Å². The second-order valence-electron chi connectivity index (χ2n) is 4.59. The lowest BCUT2D eigenvalue weighted by atomic mass is 10.1. The summed E-state index contributed by atoms with van der Waals surface area (Å²) in [5.41, 5.74) is 0.733. The number of carbonyl (C=O) groups is 2. The predicted octanol–water partition coefficient (Wildman–Crippen LogP) is 1.81. The van der Waals surface area contributed by atoms with Gasteiger partial charge in [-0.05, 0) is 29.1 Å². The molecule has 0 saturated heterocycles. The van der Waals surface area contributed by atoms with E-state index in [0.29, 0.717) is 0 Å². The summed E-state index contributed by atoms with van der Waals surface area (Å²) in [4.78, 5) is 24.0. The molecule has 5 nitrogen and oxygen atoms in total. The fraction of sp³-hybridized carbons (Fsp3) is 0.200. The Bertz CT molecular complexity index is 607.